The summed E-state index contributed by atoms with van der Waals surface area (Å²) in [5.74, 6) is -0.990. The molecule has 7 nitrogen and oxygen atoms in total. The molecule has 9 heteroatoms. The molecule has 1 fully saturated rings. The number of carbonyl (C=O) groups is 1. The summed E-state index contributed by atoms with van der Waals surface area (Å²) in [6.45, 7) is 6.40. The summed E-state index contributed by atoms with van der Waals surface area (Å²) in [6, 6.07) is 4.82. The Morgan fingerprint density at radius 1 is 1.27 bits per heavy atom. The van der Waals surface area contributed by atoms with Crippen molar-refractivity contribution in [1.29, 1.82) is 0 Å². The first-order valence-corrected chi connectivity index (χ1v) is 13.2. The standard InChI is InChI=1S/C28H37F2N3O4/c1-18(2)37-17-19-8-9-20(29)14-24(19)26(28(34)35)33-12-10-22(16-33)36-13-4-3-6-21-15-25(30)23-7-5-11-31-27(23)32-21/h8-9,14-15,18,22,26H,3-7,10-13,16-17H2,1-2H3,(H,31,32)(H,34,35). The number of pyridine rings is 1. The van der Waals surface area contributed by atoms with Crippen molar-refractivity contribution in [2.24, 2.45) is 0 Å². The van der Waals surface area contributed by atoms with Crippen molar-refractivity contribution in [2.45, 2.75) is 77.2 Å². The van der Waals surface area contributed by atoms with Crippen LogP contribution in [0.15, 0.2) is 24.3 Å². The monoisotopic (exact) mass is 517 g/mol. The molecule has 2 atom stereocenters. The molecule has 1 saturated heterocycles. The molecule has 3 heterocycles. The lowest BCUT2D eigenvalue weighted by atomic mass is 9.99. The third kappa shape index (κ3) is 7.24. The molecule has 0 radical (unpaired) electrons. The van der Waals surface area contributed by atoms with Crippen LogP contribution in [0.4, 0.5) is 14.6 Å². The molecule has 0 bridgehead atoms. The molecular formula is C28H37F2N3O4. The van der Waals surface area contributed by atoms with Crippen LogP contribution in [0.2, 0.25) is 0 Å². The Hall–Kier alpha value is -2.62. The van der Waals surface area contributed by atoms with E-state index in [1.807, 2.05) is 18.7 Å². The van der Waals surface area contributed by atoms with E-state index in [-0.39, 0.29) is 24.6 Å². The van der Waals surface area contributed by atoms with E-state index in [2.05, 4.69) is 10.3 Å². The quantitative estimate of drug-likeness (QED) is 0.388. The van der Waals surface area contributed by atoms with Gasteiger partial charge in [0.05, 0.1) is 18.8 Å². The zero-order valence-corrected chi connectivity index (χ0v) is 21.6. The number of aliphatic carboxylic acids is 1. The van der Waals surface area contributed by atoms with Crippen molar-refractivity contribution in [3.05, 3.63) is 58.3 Å². The Labute approximate surface area is 217 Å². The van der Waals surface area contributed by atoms with Crippen LogP contribution in [0.25, 0.3) is 0 Å². The molecular weight excluding hydrogens is 480 g/mol. The summed E-state index contributed by atoms with van der Waals surface area (Å²) in [5, 5.41) is 13.2. The van der Waals surface area contributed by atoms with E-state index < -0.39 is 17.8 Å². The average Bonchev–Trinajstić information content (AvgIpc) is 3.31. The minimum Gasteiger partial charge on any atom is -0.480 e. The summed E-state index contributed by atoms with van der Waals surface area (Å²) in [5.41, 5.74) is 2.53. The highest BCUT2D eigenvalue weighted by molar-refractivity contribution is 5.76. The van der Waals surface area contributed by atoms with Gasteiger partial charge < -0.3 is 19.9 Å². The number of carboxylic acids is 1. The van der Waals surface area contributed by atoms with Crippen LogP contribution < -0.4 is 5.32 Å². The molecule has 1 aromatic heterocycles. The van der Waals surface area contributed by atoms with Gasteiger partial charge in [0.25, 0.3) is 0 Å². The molecule has 4 rings (SSSR count). The Morgan fingerprint density at radius 3 is 2.89 bits per heavy atom. The maximum absolute atomic E-state index is 14.3. The third-order valence-corrected chi connectivity index (χ3v) is 6.95. The number of anilines is 1. The van der Waals surface area contributed by atoms with Gasteiger partial charge in [0.15, 0.2) is 0 Å². The number of carboxylic acid groups (broad SMARTS) is 1. The SMILES string of the molecule is CC(C)OCc1ccc(F)cc1C(C(=O)O)N1CCC(OCCCCc2cc(F)c3c(n2)NCCC3)C1. The number of ether oxygens (including phenoxy) is 2. The number of nitrogens with zero attached hydrogens (tertiary/aromatic N) is 2. The molecule has 0 amide bonds. The van der Waals surface area contributed by atoms with E-state index in [0.29, 0.717) is 55.0 Å². The number of halogens is 2. The average molecular weight is 518 g/mol. The second-order valence-electron chi connectivity index (χ2n) is 10.1. The molecule has 2 aliphatic heterocycles. The minimum atomic E-state index is -1.02. The largest absolute Gasteiger partial charge is 0.480 e. The van der Waals surface area contributed by atoms with Gasteiger partial charge in [-0.05, 0) is 81.7 Å². The fraction of sp³-hybridized carbons (Fsp3) is 0.571. The maximum Gasteiger partial charge on any atom is 0.325 e. The van der Waals surface area contributed by atoms with Crippen LogP contribution in [0, 0.1) is 11.6 Å². The van der Waals surface area contributed by atoms with Crippen molar-refractivity contribution < 1.29 is 28.2 Å². The lowest BCUT2D eigenvalue weighted by Crippen LogP contribution is -2.34. The number of likely N-dealkylation sites (tertiary alicyclic amines) is 1. The zero-order valence-electron chi connectivity index (χ0n) is 21.6. The van der Waals surface area contributed by atoms with E-state index in [0.717, 1.165) is 37.9 Å². The molecule has 2 N–H and O–H groups in total. The molecule has 0 saturated carbocycles. The fourth-order valence-electron chi connectivity index (χ4n) is 5.05. The van der Waals surface area contributed by atoms with E-state index >= 15 is 0 Å². The lowest BCUT2D eigenvalue weighted by molar-refractivity contribution is -0.143. The van der Waals surface area contributed by atoms with Gasteiger partial charge in [-0.15, -0.1) is 0 Å². The number of benzene rings is 1. The van der Waals surface area contributed by atoms with Crippen LogP contribution in [0.3, 0.4) is 0 Å². The second kappa shape index (κ2) is 12.8. The number of unbranched alkanes of at least 4 members (excludes halogenated alkanes) is 1. The molecule has 1 aromatic carbocycles. The van der Waals surface area contributed by atoms with Gasteiger partial charge in [-0.25, -0.2) is 13.8 Å². The number of nitrogens with one attached hydrogen (secondary N) is 1. The first-order chi connectivity index (χ1) is 17.8. The summed E-state index contributed by atoms with van der Waals surface area (Å²) >= 11 is 0. The Balaban J connectivity index is 1.28. The lowest BCUT2D eigenvalue weighted by Gasteiger charge is -2.26. The van der Waals surface area contributed by atoms with Gasteiger partial charge in [0, 0.05) is 37.5 Å². The van der Waals surface area contributed by atoms with Gasteiger partial charge in [0.1, 0.15) is 23.5 Å². The number of hydrogen-bond donors (Lipinski definition) is 2. The van der Waals surface area contributed by atoms with E-state index in [9.17, 15) is 18.7 Å². The smallest absolute Gasteiger partial charge is 0.325 e. The molecule has 0 aliphatic carbocycles. The second-order valence-corrected chi connectivity index (χ2v) is 10.1. The van der Waals surface area contributed by atoms with Crippen LogP contribution in [-0.4, -0.2) is 59.4 Å². The van der Waals surface area contributed by atoms with Crippen LogP contribution in [-0.2, 0) is 33.7 Å². The predicted molar refractivity (Wildman–Crippen MR) is 137 cm³/mol. The Kier molecular flexibility index (Phi) is 9.45. The van der Waals surface area contributed by atoms with Gasteiger partial charge >= 0.3 is 5.97 Å². The molecule has 0 spiro atoms. The number of aromatic nitrogens is 1. The molecule has 2 unspecified atom stereocenters. The normalized spacial score (nSPS) is 18.6. The van der Waals surface area contributed by atoms with Crippen LogP contribution in [0.1, 0.15) is 68.0 Å². The van der Waals surface area contributed by atoms with Crippen molar-refractivity contribution in [1.82, 2.24) is 9.88 Å². The summed E-state index contributed by atoms with van der Waals surface area (Å²) in [4.78, 5) is 18.7. The summed E-state index contributed by atoms with van der Waals surface area (Å²) in [7, 11) is 0. The summed E-state index contributed by atoms with van der Waals surface area (Å²) in [6.07, 6.45) is 4.54. The predicted octanol–water partition coefficient (Wildman–Crippen LogP) is 4.88. The fourth-order valence-corrected chi connectivity index (χ4v) is 5.05. The van der Waals surface area contributed by atoms with E-state index in [1.54, 1.807) is 12.1 Å². The van der Waals surface area contributed by atoms with Crippen molar-refractivity contribution >= 4 is 11.8 Å². The van der Waals surface area contributed by atoms with Crippen molar-refractivity contribution in [3.8, 4) is 0 Å². The van der Waals surface area contributed by atoms with Crippen LogP contribution in [0.5, 0.6) is 0 Å². The van der Waals surface area contributed by atoms with E-state index in [4.69, 9.17) is 9.47 Å². The molecule has 202 valence electrons. The molecule has 2 aromatic rings. The van der Waals surface area contributed by atoms with Crippen LogP contribution >= 0.6 is 0 Å². The number of hydrogen-bond acceptors (Lipinski definition) is 6. The highest BCUT2D eigenvalue weighted by Gasteiger charge is 2.35. The first-order valence-electron chi connectivity index (χ1n) is 13.2. The van der Waals surface area contributed by atoms with Crippen molar-refractivity contribution in [2.75, 3.05) is 31.6 Å². The number of fused-ring (bicyclic) bond motifs is 1. The Morgan fingerprint density at radius 2 is 2.11 bits per heavy atom. The van der Waals surface area contributed by atoms with Crippen molar-refractivity contribution in [3.63, 3.8) is 0 Å². The molecule has 2 aliphatic rings. The summed E-state index contributed by atoms with van der Waals surface area (Å²) < 4.78 is 40.2. The van der Waals surface area contributed by atoms with Gasteiger partial charge in [-0.2, -0.15) is 0 Å². The first kappa shape index (κ1) is 27.4. The van der Waals surface area contributed by atoms with Gasteiger partial charge in [-0.3, -0.25) is 9.69 Å². The minimum absolute atomic E-state index is 0.0236. The number of rotatable bonds is 12. The highest BCUT2D eigenvalue weighted by Crippen LogP contribution is 2.30. The third-order valence-electron chi connectivity index (χ3n) is 6.95. The zero-order chi connectivity index (χ0) is 26.4. The number of aryl methyl sites for hydroxylation is 1. The Bertz CT molecular complexity index is 1080. The highest BCUT2D eigenvalue weighted by atomic mass is 19.1. The van der Waals surface area contributed by atoms with Gasteiger partial charge in [0.2, 0.25) is 0 Å². The topological polar surface area (TPSA) is 83.9 Å². The van der Waals surface area contributed by atoms with E-state index in [1.165, 1.54) is 12.1 Å². The van der Waals surface area contributed by atoms with Gasteiger partial charge in [-0.1, -0.05) is 6.07 Å². The maximum atomic E-state index is 14.3. The molecule has 37 heavy (non-hydrogen) atoms.